The molecule has 0 fully saturated rings. The minimum atomic E-state index is -1.43. The van der Waals surface area contributed by atoms with Crippen molar-refractivity contribution in [2.24, 2.45) is 0 Å². The summed E-state index contributed by atoms with van der Waals surface area (Å²) in [6, 6.07) is -1.43. The molecule has 0 heterocycles. The van der Waals surface area contributed by atoms with Crippen LogP contribution in [0.2, 0.25) is 0 Å². The third kappa shape index (κ3) is 19.7. The van der Waals surface area contributed by atoms with Crippen LogP contribution in [-0.2, 0) is 4.79 Å². The van der Waals surface area contributed by atoms with E-state index < -0.39 is 16.9 Å². The molecule has 0 bridgehead atoms. The van der Waals surface area contributed by atoms with Gasteiger partial charge in [-0.25, -0.2) is 4.79 Å². The number of unbranched alkanes of at least 4 members (excludes halogenated alkanes) is 16. The van der Waals surface area contributed by atoms with E-state index in [1.165, 1.54) is 89.9 Å². The molecule has 0 saturated heterocycles. The Labute approximate surface area is 178 Å². The maximum absolute atomic E-state index is 10.7. The second-order valence-corrected chi connectivity index (χ2v) is 8.28. The number of hydrogen-bond acceptors (Lipinski definition) is 3. The van der Waals surface area contributed by atoms with Crippen LogP contribution in [0, 0.1) is 10.1 Å². The average Bonchev–Trinajstić information content (AvgIpc) is 2.68. The van der Waals surface area contributed by atoms with E-state index >= 15 is 0 Å². The molecular formula is C24H45NO4. The van der Waals surface area contributed by atoms with E-state index in [9.17, 15) is 14.9 Å². The standard InChI is InChI=1S/C24H45NO4/c1-2-3-4-5-6-7-8-9-10-11-12-13-14-15-16-17-18-19-20-21-22-23(24(26)27)25(28)29/h9-10,23H,2-8,11-22H2,1H3,(H,26,27). The van der Waals surface area contributed by atoms with Crippen molar-refractivity contribution in [1.82, 2.24) is 0 Å². The molecule has 0 aliphatic heterocycles. The molecule has 0 aromatic carbocycles. The summed E-state index contributed by atoms with van der Waals surface area (Å²) in [4.78, 5) is 20.6. The van der Waals surface area contributed by atoms with Crippen molar-refractivity contribution in [3.63, 3.8) is 0 Å². The quantitative estimate of drug-likeness (QED) is 0.0856. The van der Waals surface area contributed by atoms with Gasteiger partial charge in [-0.05, 0) is 32.1 Å². The van der Waals surface area contributed by atoms with Crippen LogP contribution in [0.25, 0.3) is 0 Å². The maximum Gasteiger partial charge on any atom is 0.379 e. The van der Waals surface area contributed by atoms with Crippen molar-refractivity contribution in [3.8, 4) is 0 Å². The highest BCUT2D eigenvalue weighted by atomic mass is 16.6. The highest BCUT2D eigenvalue weighted by Crippen LogP contribution is 2.14. The van der Waals surface area contributed by atoms with Gasteiger partial charge in [0.15, 0.2) is 0 Å². The van der Waals surface area contributed by atoms with Gasteiger partial charge < -0.3 is 5.11 Å². The lowest BCUT2D eigenvalue weighted by molar-refractivity contribution is -0.511. The number of nitro groups is 1. The molecule has 5 heteroatoms. The van der Waals surface area contributed by atoms with Crippen LogP contribution in [0.5, 0.6) is 0 Å². The van der Waals surface area contributed by atoms with Crippen molar-refractivity contribution >= 4 is 5.97 Å². The van der Waals surface area contributed by atoms with E-state index in [0.29, 0.717) is 6.42 Å². The second kappa shape index (κ2) is 21.3. The van der Waals surface area contributed by atoms with E-state index in [1.807, 2.05) is 0 Å². The SMILES string of the molecule is CCCCCCCCC=CCCCCCCCCCCCCC(C(=O)O)[N+](=O)[O-]. The van der Waals surface area contributed by atoms with Gasteiger partial charge in [-0.15, -0.1) is 0 Å². The third-order valence-corrected chi connectivity index (χ3v) is 5.53. The number of aliphatic carboxylic acids is 1. The summed E-state index contributed by atoms with van der Waals surface area (Å²) < 4.78 is 0. The van der Waals surface area contributed by atoms with Crippen molar-refractivity contribution in [1.29, 1.82) is 0 Å². The molecule has 170 valence electrons. The summed E-state index contributed by atoms with van der Waals surface area (Å²) in [5, 5.41) is 19.4. The molecule has 29 heavy (non-hydrogen) atoms. The molecule has 0 aromatic rings. The number of nitrogens with zero attached hydrogens (tertiary/aromatic N) is 1. The molecule has 0 saturated carbocycles. The van der Waals surface area contributed by atoms with Crippen molar-refractivity contribution in [3.05, 3.63) is 22.3 Å². The maximum atomic E-state index is 10.7. The summed E-state index contributed by atoms with van der Waals surface area (Å²) >= 11 is 0. The average molecular weight is 412 g/mol. The first-order valence-corrected chi connectivity index (χ1v) is 12.1. The van der Waals surface area contributed by atoms with Crippen LogP contribution in [0.1, 0.15) is 129 Å². The molecule has 0 amide bonds. The summed E-state index contributed by atoms with van der Waals surface area (Å²) in [6.07, 6.45) is 27.0. The van der Waals surface area contributed by atoms with E-state index in [1.54, 1.807) is 0 Å². The second-order valence-electron chi connectivity index (χ2n) is 8.28. The Morgan fingerprint density at radius 2 is 1.14 bits per heavy atom. The summed E-state index contributed by atoms with van der Waals surface area (Å²) in [7, 11) is 0. The predicted molar refractivity (Wildman–Crippen MR) is 121 cm³/mol. The molecule has 1 atom stereocenters. The van der Waals surface area contributed by atoms with Gasteiger partial charge in [0.25, 0.3) is 0 Å². The van der Waals surface area contributed by atoms with Gasteiger partial charge in [-0.1, -0.05) is 103 Å². The van der Waals surface area contributed by atoms with Crippen molar-refractivity contribution in [2.45, 2.75) is 135 Å². The van der Waals surface area contributed by atoms with E-state index in [4.69, 9.17) is 5.11 Å². The van der Waals surface area contributed by atoms with Crippen molar-refractivity contribution in [2.75, 3.05) is 0 Å². The van der Waals surface area contributed by atoms with E-state index in [2.05, 4.69) is 19.1 Å². The fraction of sp³-hybridized carbons (Fsp3) is 0.875. The molecular weight excluding hydrogens is 366 g/mol. The molecule has 0 aliphatic rings. The van der Waals surface area contributed by atoms with Crippen LogP contribution >= 0.6 is 0 Å². The number of carboxylic acids is 1. The largest absolute Gasteiger partial charge is 0.476 e. The Balaban J connectivity index is 3.25. The van der Waals surface area contributed by atoms with Gasteiger partial charge in [0.2, 0.25) is 0 Å². The first-order chi connectivity index (χ1) is 14.1. The van der Waals surface area contributed by atoms with Crippen molar-refractivity contribution < 1.29 is 14.8 Å². The molecule has 5 nitrogen and oxygen atoms in total. The lowest BCUT2D eigenvalue weighted by Gasteiger charge is -2.05. The van der Waals surface area contributed by atoms with E-state index in [-0.39, 0.29) is 6.42 Å². The van der Waals surface area contributed by atoms with Gasteiger partial charge >= 0.3 is 12.0 Å². The van der Waals surface area contributed by atoms with Gasteiger partial charge in [-0.3, -0.25) is 10.1 Å². The number of carbonyl (C=O) groups is 1. The first kappa shape index (κ1) is 27.6. The Hall–Kier alpha value is -1.39. The van der Waals surface area contributed by atoms with Gasteiger partial charge in [0.1, 0.15) is 0 Å². The minimum absolute atomic E-state index is 0.149. The fourth-order valence-corrected chi connectivity index (χ4v) is 3.61. The van der Waals surface area contributed by atoms with Crippen LogP contribution in [-0.4, -0.2) is 22.0 Å². The lowest BCUT2D eigenvalue weighted by Crippen LogP contribution is -2.28. The minimum Gasteiger partial charge on any atom is -0.476 e. The summed E-state index contributed by atoms with van der Waals surface area (Å²) in [5.74, 6) is -1.32. The van der Waals surface area contributed by atoms with Crippen LogP contribution in [0.4, 0.5) is 0 Å². The Morgan fingerprint density at radius 3 is 1.52 bits per heavy atom. The number of hydrogen-bond donors (Lipinski definition) is 1. The van der Waals surface area contributed by atoms with Crippen LogP contribution < -0.4 is 0 Å². The molecule has 0 aromatic heterocycles. The molecule has 1 unspecified atom stereocenters. The molecule has 0 radical (unpaired) electrons. The monoisotopic (exact) mass is 411 g/mol. The lowest BCUT2D eigenvalue weighted by atomic mass is 10.0. The highest BCUT2D eigenvalue weighted by molar-refractivity contribution is 5.71. The first-order valence-electron chi connectivity index (χ1n) is 12.1. The zero-order valence-corrected chi connectivity index (χ0v) is 18.8. The van der Waals surface area contributed by atoms with E-state index in [0.717, 1.165) is 19.3 Å². The van der Waals surface area contributed by atoms with Gasteiger partial charge in [0, 0.05) is 11.3 Å². The number of rotatable bonds is 22. The van der Waals surface area contributed by atoms with Gasteiger partial charge in [-0.2, -0.15) is 0 Å². The molecule has 0 rings (SSSR count). The van der Waals surface area contributed by atoms with Gasteiger partial charge in [0.05, 0.1) is 0 Å². The topological polar surface area (TPSA) is 80.4 Å². The van der Waals surface area contributed by atoms with Crippen LogP contribution in [0.3, 0.4) is 0 Å². The molecule has 0 aliphatic carbocycles. The predicted octanol–water partition coefficient (Wildman–Crippen LogP) is 7.70. The smallest absolute Gasteiger partial charge is 0.379 e. The highest BCUT2D eigenvalue weighted by Gasteiger charge is 2.27. The van der Waals surface area contributed by atoms with Crippen LogP contribution in [0.15, 0.2) is 12.2 Å². The number of allylic oxidation sites excluding steroid dienone is 2. The molecule has 1 N–H and O–H groups in total. The fourth-order valence-electron chi connectivity index (χ4n) is 3.61. The number of carboxylic acid groups (broad SMARTS) is 1. The Morgan fingerprint density at radius 1 is 0.759 bits per heavy atom. The molecule has 0 spiro atoms. The zero-order chi connectivity index (χ0) is 21.6. The normalized spacial score (nSPS) is 12.4. The summed E-state index contributed by atoms with van der Waals surface area (Å²) in [6.45, 7) is 2.26. The Bertz CT molecular complexity index is 409. The zero-order valence-electron chi connectivity index (χ0n) is 18.8. The Kier molecular flexibility index (Phi) is 20.3. The third-order valence-electron chi connectivity index (χ3n) is 5.53. The summed E-state index contributed by atoms with van der Waals surface area (Å²) in [5.41, 5.74) is 0.